The third kappa shape index (κ3) is 41.4. The molecule has 0 spiro atoms. The molecule has 0 aromatic rings. The minimum Gasteiger partial charge on any atom is -0.462 e. The molecule has 0 aromatic heterocycles. The van der Waals surface area contributed by atoms with Crippen LogP contribution in [0.25, 0.3) is 0 Å². The predicted molar refractivity (Wildman–Crippen MR) is 229 cm³/mol. The van der Waals surface area contributed by atoms with E-state index in [0.29, 0.717) is 6.42 Å². The van der Waals surface area contributed by atoms with Gasteiger partial charge in [0.05, 0.1) is 13.2 Å². The lowest BCUT2D eigenvalue weighted by molar-refractivity contribution is -0.161. The van der Waals surface area contributed by atoms with E-state index in [0.717, 1.165) is 70.6 Å². The summed E-state index contributed by atoms with van der Waals surface area (Å²) in [5.41, 5.74) is 5.35. The molecule has 0 heterocycles. The number of hydrogen-bond donors (Lipinski definition) is 2. The van der Waals surface area contributed by atoms with E-state index in [1.54, 1.807) is 0 Å². The first kappa shape index (κ1) is 53.0. The molecule has 0 fully saturated rings. The summed E-state index contributed by atoms with van der Waals surface area (Å²) in [6, 6.07) is 0. The first-order valence-corrected chi connectivity index (χ1v) is 23.6. The fraction of sp³-hybridized carbons (Fsp3) is 0.778. The van der Waals surface area contributed by atoms with Gasteiger partial charge in [0.25, 0.3) is 0 Å². The van der Waals surface area contributed by atoms with Crippen LogP contribution in [-0.2, 0) is 32.7 Å². The highest BCUT2D eigenvalue weighted by atomic mass is 31.2. The number of phosphoric ester groups is 1. The smallest absolute Gasteiger partial charge is 0.462 e. The number of unbranched alkanes of at least 4 members (excludes halogenated alkanes) is 20. The first-order chi connectivity index (χ1) is 26.8. The minimum absolute atomic E-state index is 0.0488. The van der Waals surface area contributed by atoms with Gasteiger partial charge in [0.1, 0.15) is 6.61 Å². The van der Waals surface area contributed by atoms with Crippen LogP contribution in [0.2, 0.25) is 0 Å². The number of rotatable bonds is 41. The Hall–Kier alpha value is -2.03. The van der Waals surface area contributed by atoms with E-state index < -0.39 is 26.5 Å². The van der Waals surface area contributed by atoms with Crippen LogP contribution in [0.1, 0.15) is 194 Å². The maximum Gasteiger partial charge on any atom is 0.472 e. The molecule has 9 nitrogen and oxygen atoms in total. The Balaban J connectivity index is 4.14. The van der Waals surface area contributed by atoms with Gasteiger partial charge in [-0.3, -0.25) is 18.6 Å². The molecule has 0 radical (unpaired) electrons. The van der Waals surface area contributed by atoms with Crippen molar-refractivity contribution in [2.24, 2.45) is 5.73 Å². The quantitative estimate of drug-likeness (QED) is 0.0268. The Morgan fingerprint density at radius 2 is 1.00 bits per heavy atom. The molecule has 320 valence electrons. The van der Waals surface area contributed by atoms with Crippen molar-refractivity contribution in [3.63, 3.8) is 0 Å². The number of nitrogens with two attached hydrogens (primary N) is 1. The first-order valence-electron chi connectivity index (χ1n) is 22.1. The van der Waals surface area contributed by atoms with Gasteiger partial charge in [-0.25, -0.2) is 4.57 Å². The van der Waals surface area contributed by atoms with Crippen LogP contribution in [-0.4, -0.2) is 49.3 Å². The van der Waals surface area contributed by atoms with E-state index in [4.69, 9.17) is 24.3 Å². The summed E-state index contributed by atoms with van der Waals surface area (Å²) in [5, 5.41) is 0. The minimum atomic E-state index is -4.38. The molecule has 0 aliphatic rings. The second-order valence-electron chi connectivity index (χ2n) is 14.5. The molecule has 0 aliphatic heterocycles. The van der Waals surface area contributed by atoms with Crippen LogP contribution in [0.3, 0.4) is 0 Å². The summed E-state index contributed by atoms with van der Waals surface area (Å²) in [5.74, 6) is -0.850. The average Bonchev–Trinajstić information content (AvgIpc) is 3.17. The van der Waals surface area contributed by atoms with Crippen LogP contribution in [0.5, 0.6) is 0 Å². The normalized spacial score (nSPS) is 13.7. The number of hydrogen-bond acceptors (Lipinski definition) is 8. The van der Waals surface area contributed by atoms with Crippen molar-refractivity contribution in [1.29, 1.82) is 0 Å². The molecule has 0 rings (SSSR count). The Labute approximate surface area is 336 Å². The van der Waals surface area contributed by atoms with Crippen molar-refractivity contribution in [3.05, 3.63) is 48.6 Å². The van der Waals surface area contributed by atoms with Crippen molar-refractivity contribution < 1.29 is 37.6 Å². The fourth-order valence-electron chi connectivity index (χ4n) is 5.94. The Kier molecular flexibility index (Phi) is 40.1. The average molecular weight is 796 g/mol. The van der Waals surface area contributed by atoms with Gasteiger partial charge in [0.2, 0.25) is 0 Å². The summed E-state index contributed by atoms with van der Waals surface area (Å²) >= 11 is 0. The van der Waals surface area contributed by atoms with Gasteiger partial charge < -0.3 is 20.1 Å². The molecule has 0 aromatic carbocycles. The fourth-order valence-corrected chi connectivity index (χ4v) is 6.70. The second-order valence-corrected chi connectivity index (χ2v) is 16.0. The van der Waals surface area contributed by atoms with Gasteiger partial charge in [0.15, 0.2) is 6.10 Å². The number of phosphoric acid groups is 1. The van der Waals surface area contributed by atoms with Crippen molar-refractivity contribution >= 4 is 19.8 Å². The van der Waals surface area contributed by atoms with Crippen LogP contribution < -0.4 is 5.73 Å². The zero-order valence-corrected chi connectivity index (χ0v) is 36.0. The summed E-state index contributed by atoms with van der Waals surface area (Å²) in [6.07, 6.45) is 47.1. The maximum absolute atomic E-state index is 12.6. The van der Waals surface area contributed by atoms with Crippen LogP contribution in [0.15, 0.2) is 48.6 Å². The molecule has 55 heavy (non-hydrogen) atoms. The molecule has 10 heteroatoms. The molecule has 0 saturated heterocycles. The van der Waals surface area contributed by atoms with Gasteiger partial charge in [-0.1, -0.05) is 159 Å². The van der Waals surface area contributed by atoms with E-state index in [-0.39, 0.29) is 38.6 Å². The molecule has 0 amide bonds. The number of allylic oxidation sites excluding steroid dienone is 8. The van der Waals surface area contributed by atoms with E-state index >= 15 is 0 Å². The number of ether oxygens (including phenoxy) is 2. The molecule has 3 N–H and O–H groups in total. The summed E-state index contributed by atoms with van der Waals surface area (Å²) in [7, 11) is -4.38. The molecule has 2 atom stereocenters. The van der Waals surface area contributed by atoms with Crippen molar-refractivity contribution in [3.8, 4) is 0 Å². The lowest BCUT2D eigenvalue weighted by Crippen LogP contribution is -2.29. The highest BCUT2D eigenvalue weighted by Crippen LogP contribution is 2.43. The van der Waals surface area contributed by atoms with E-state index in [1.165, 1.54) is 89.9 Å². The van der Waals surface area contributed by atoms with Gasteiger partial charge in [-0.15, -0.1) is 0 Å². The molecule has 0 saturated carbocycles. The van der Waals surface area contributed by atoms with Crippen molar-refractivity contribution in [2.45, 2.75) is 200 Å². The van der Waals surface area contributed by atoms with Gasteiger partial charge in [0, 0.05) is 19.4 Å². The number of esters is 2. The number of carbonyl (C=O) groups excluding carboxylic acids is 2. The third-order valence-electron chi connectivity index (χ3n) is 9.20. The SMILES string of the molecule is CCC=CCC=CCC=CCCCCCCCC(=O)OC(COC(=O)CCCCCCCCCCCC=CCCCCCCCC)COP(=O)(O)OCCN. The summed E-state index contributed by atoms with van der Waals surface area (Å²) in [4.78, 5) is 34.9. The van der Waals surface area contributed by atoms with Gasteiger partial charge >= 0.3 is 19.8 Å². The lowest BCUT2D eigenvalue weighted by atomic mass is 10.1. The standard InChI is InChI=1S/C45H82NO8P/c1-3-5-7-9-11-13-15-17-19-20-21-22-24-25-27-29-31-33-35-37-44(47)51-41-43(42-53-55(49,50)52-40-39-46)54-45(48)38-36-34-32-30-28-26-23-18-16-14-12-10-8-6-4-2/h6,8,12,14,17-19,23,43H,3-5,7,9-11,13,15-16,20-22,24-42,46H2,1-2H3,(H,49,50). The van der Waals surface area contributed by atoms with Crippen LogP contribution >= 0.6 is 7.82 Å². The molecular formula is C45H82NO8P. The largest absolute Gasteiger partial charge is 0.472 e. The third-order valence-corrected chi connectivity index (χ3v) is 10.2. The van der Waals surface area contributed by atoms with Gasteiger partial charge in [-0.05, 0) is 70.6 Å². The predicted octanol–water partition coefficient (Wildman–Crippen LogP) is 12.7. The van der Waals surface area contributed by atoms with Crippen molar-refractivity contribution in [2.75, 3.05) is 26.4 Å². The molecular weight excluding hydrogens is 713 g/mol. The summed E-state index contributed by atoms with van der Waals surface area (Å²) < 4.78 is 32.8. The summed E-state index contributed by atoms with van der Waals surface area (Å²) in [6.45, 7) is 3.60. The molecule has 2 unspecified atom stereocenters. The number of carbonyl (C=O) groups is 2. The van der Waals surface area contributed by atoms with Gasteiger partial charge in [-0.2, -0.15) is 0 Å². The van der Waals surface area contributed by atoms with Crippen LogP contribution in [0.4, 0.5) is 0 Å². The molecule has 0 bridgehead atoms. The van der Waals surface area contributed by atoms with Crippen LogP contribution in [0, 0.1) is 0 Å². The monoisotopic (exact) mass is 796 g/mol. The Bertz CT molecular complexity index is 1040. The Morgan fingerprint density at radius 3 is 1.51 bits per heavy atom. The van der Waals surface area contributed by atoms with E-state index in [9.17, 15) is 19.0 Å². The zero-order chi connectivity index (χ0) is 40.3. The second kappa shape index (κ2) is 41.6. The lowest BCUT2D eigenvalue weighted by Gasteiger charge is -2.19. The highest BCUT2D eigenvalue weighted by molar-refractivity contribution is 7.47. The topological polar surface area (TPSA) is 134 Å². The van der Waals surface area contributed by atoms with E-state index in [2.05, 4.69) is 62.5 Å². The maximum atomic E-state index is 12.6. The molecule has 0 aliphatic carbocycles. The van der Waals surface area contributed by atoms with E-state index in [1.807, 2.05) is 0 Å². The highest BCUT2D eigenvalue weighted by Gasteiger charge is 2.26. The van der Waals surface area contributed by atoms with Crippen molar-refractivity contribution in [1.82, 2.24) is 0 Å². The zero-order valence-electron chi connectivity index (χ0n) is 35.2. The Morgan fingerprint density at radius 1 is 0.564 bits per heavy atom.